The summed E-state index contributed by atoms with van der Waals surface area (Å²) in [6.07, 6.45) is 10.7. The minimum absolute atomic E-state index is 0.251. The van der Waals surface area contributed by atoms with Crippen LogP contribution in [0.1, 0.15) is 91.9 Å². The van der Waals surface area contributed by atoms with Crippen molar-refractivity contribution in [2.24, 2.45) is 11.8 Å². The maximum atomic E-state index is 12.3. The minimum Gasteiger partial charge on any atom is -0.446 e. The highest BCUT2D eigenvalue weighted by Gasteiger charge is 2.54. The molecule has 2 aliphatic heterocycles. The average molecular weight is 479 g/mol. The van der Waals surface area contributed by atoms with Crippen molar-refractivity contribution >= 4 is 35.5 Å². The van der Waals surface area contributed by atoms with Gasteiger partial charge in [0.2, 0.25) is 0 Å². The molecular formula is C26H38O4S2. The van der Waals surface area contributed by atoms with Gasteiger partial charge in [0, 0.05) is 59.5 Å². The summed E-state index contributed by atoms with van der Waals surface area (Å²) in [5.41, 5.74) is -1.54. The molecule has 8 atom stereocenters. The Labute approximate surface area is 202 Å². The Morgan fingerprint density at radius 2 is 1.09 bits per heavy atom. The molecule has 4 fully saturated rings. The maximum absolute atomic E-state index is 12.3. The van der Waals surface area contributed by atoms with E-state index < -0.39 is 11.2 Å². The second-order valence-corrected chi connectivity index (χ2v) is 13.7. The lowest BCUT2D eigenvalue weighted by atomic mass is 9.71. The lowest BCUT2D eigenvalue weighted by molar-refractivity contribution is -0.160. The molecule has 0 spiro atoms. The first-order valence-corrected chi connectivity index (χ1v) is 14.4. The van der Waals surface area contributed by atoms with E-state index in [9.17, 15) is 9.59 Å². The number of hydrogen-bond acceptors (Lipinski definition) is 6. The molecule has 4 aliphatic rings. The number of fused-ring (bicyclic) bond motifs is 2. The predicted octanol–water partition coefficient (Wildman–Crippen LogP) is 5.76. The van der Waals surface area contributed by atoms with E-state index in [4.69, 9.17) is 9.47 Å². The maximum Gasteiger partial charge on any atom is 0.304 e. The molecule has 178 valence electrons. The Hall–Kier alpha value is -0.800. The zero-order valence-corrected chi connectivity index (χ0v) is 21.6. The molecule has 32 heavy (non-hydrogen) atoms. The molecule has 2 heterocycles. The van der Waals surface area contributed by atoms with Crippen molar-refractivity contribution in [3.05, 3.63) is 0 Å². The van der Waals surface area contributed by atoms with E-state index in [1.165, 1.54) is 26.7 Å². The number of ether oxygens (including phenoxy) is 2. The van der Waals surface area contributed by atoms with Crippen molar-refractivity contribution in [1.29, 1.82) is 0 Å². The summed E-state index contributed by atoms with van der Waals surface area (Å²) < 4.78 is 12.3. The van der Waals surface area contributed by atoms with Crippen LogP contribution < -0.4 is 0 Å². The van der Waals surface area contributed by atoms with Gasteiger partial charge in [0.15, 0.2) is 11.2 Å². The van der Waals surface area contributed by atoms with Crippen LogP contribution in [0.5, 0.6) is 0 Å². The molecule has 2 saturated carbocycles. The monoisotopic (exact) mass is 478 g/mol. The molecule has 0 aromatic carbocycles. The number of carbonyl (C=O) groups is 2. The molecule has 2 aliphatic carbocycles. The van der Waals surface area contributed by atoms with Crippen LogP contribution in [0.2, 0.25) is 0 Å². The van der Waals surface area contributed by atoms with Gasteiger partial charge in [-0.05, 0) is 25.7 Å². The molecule has 0 amide bonds. The fraction of sp³-hybridized carbons (Fsp3) is 0.846. The van der Waals surface area contributed by atoms with Crippen molar-refractivity contribution in [1.82, 2.24) is 0 Å². The summed E-state index contributed by atoms with van der Waals surface area (Å²) >= 11 is 4.08. The van der Waals surface area contributed by atoms with E-state index in [0.29, 0.717) is 21.0 Å². The quantitative estimate of drug-likeness (QED) is 0.371. The Kier molecular flexibility index (Phi) is 7.47. The van der Waals surface area contributed by atoms with Gasteiger partial charge in [-0.1, -0.05) is 51.4 Å². The fourth-order valence-electron chi connectivity index (χ4n) is 6.73. The lowest BCUT2D eigenvalue weighted by Crippen LogP contribution is -2.54. The van der Waals surface area contributed by atoms with E-state index in [-0.39, 0.29) is 23.8 Å². The first-order chi connectivity index (χ1) is 15.2. The standard InChI is InChI=1S/C26H38O4S2/c1-17-15-25(29-19(3)27,21-9-5-7-11-23(21)31-17)13-14-26(30-20(4)28)16-18(2)32-24-12-8-6-10-22(24)26/h17-18,21-24H,5-12,15-16H2,1-4H3. The lowest BCUT2D eigenvalue weighted by Gasteiger charge is -2.50. The zero-order valence-electron chi connectivity index (χ0n) is 20.0. The normalized spacial score (nSPS) is 43.6. The summed E-state index contributed by atoms with van der Waals surface area (Å²) in [7, 11) is 0. The number of thioether (sulfide) groups is 2. The van der Waals surface area contributed by atoms with Crippen LogP contribution in [0.3, 0.4) is 0 Å². The molecular weight excluding hydrogens is 440 g/mol. The largest absolute Gasteiger partial charge is 0.446 e. The second-order valence-electron chi connectivity index (χ2n) is 10.4. The predicted molar refractivity (Wildman–Crippen MR) is 132 cm³/mol. The summed E-state index contributed by atoms with van der Waals surface area (Å²) in [5.74, 6) is 7.13. The van der Waals surface area contributed by atoms with Crippen LogP contribution >= 0.6 is 23.5 Å². The molecule has 4 rings (SSSR count). The van der Waals surface area contributed by atoms with Gasteiger partial charge in [0.25, 0.3) is 0 Å². The van der Waals surface area contributed by atoms with Crippen molar-refractivity contribution < 1.29 is 19.1 Å². The molecule has 0 N–H and O–H groups in total. The molecule has 0 radical (unpaired) electrons. The number of hydrogen-bond donors (Lipinski definition) is 0. The van der Waals surface area contributed by atoms with Gasteiger partial charge in [0.05, 0.1) is 0 Å². The third-order valence-electron chi connectivity index (χ3n) is 7.74. The highest BCUT2D eigenvalue weighted by molar-refractivity contribution is 8.00. The Morgan fingerprint density at radius 3 is 1.47 bits per heavy atom. The molecule has 0 bridgehead atoms. The Bertz CT molecular complexity index is 726. The number of carbonyl (C=O) groups excluding carboxylic acids is 2. The highest BCUT2D eigenvalue weighted by Crippen LogP contribution is 2.52. The van der Waals surface area contributed by atoms with Crippen LogP contribution in [0.4, 0.5) is 0 Å². The van der Waals surface area contributed by atoms with Gasteiger partial charge in [-0.3, -0.25) is 9.59 Å². The average Bonchev–Trinajstić information content (AvgIpc) is 2.71. The summed E-state index contributed by atoms with van der Waals surface area (Å²) in [6.45, 7) is 7.47. The second kappa shape index (κ2) is 9.82. The van der Waals surface area contributed by atoms with Crippen LogP contribution in [0.15, 0.2) is 0 Å². The number of rotatable bonds is 2. The third-order valence-corrected chi connectivity index (χ3v) is 10.8. The molecule has 0 aromatic rings. The van der Waals surface area contributed by atoms with Gasteiger partial charge < -0.3 is 9.47 Å². The Morgan fingerprint density at radius 1 is 0.719 bits per heavy atom. The Balaban J connectivity index is 1.77. The molecule has 4 nitrogen and oxygen atoms in total. The van der Waals surface area contributed by atoms with Crippen molar-refractivity contribution in [3.8, 4) is 11.8 Å². The van der Waals surface area contributed by atoms with E-state index in [1.54, 1.807) is 0 Å². The zero-order chi connectivity index (χ0) is 22.9. The van der Waals surface area contributed by atoms with E-state index in [0.717, 1.165) is 51.4 Å². The van der Waals surface area contributed by atoms with Gasteiger partial charge >= 0.3 is 11.9 Å². The number of esters is 2. The molecule has 8 unspecified atom stereocenters. The van der Waals surface area contributed by atoms with E-state index in [1.807, 2.05) is 23.5 Å². The first kappa shape index (κ1) is 24.3. The SMILES string of the molecule is CC(=O)OC1(C#CC2(OC(C)=O)CC(C)SC3CCCCC32)CC(C)SC2CCCCC21. The fourth-order valence-corrected chi connectivity index (χ4v) is 10.3. The van der Waals surface area contributed by atoms with Gasteiger partial charge in [-0.15, -0.1) is 0 Å². The highest BCUT2D eigenvalue weighted by atomic mass is 32.2. The van der Waals surface area contributed by atoms with Crippen molar-refractivity contribution in [2.45, 2.75) is 124 Å². The topological polar surface area (TPSA) is 52.6 Å². The van der Waals surface area contributed by atoms with Gasteiger partial charge in [-0.25, -0.2) is 0 Å². The molecule has 0 aromatic heterocycles. The van der Waals surface area contributed by atoms with E-state index >= 15 is 0 Å². The van der Waals surface area contributed by atoms with Crippen LogP contribution in [0, 0.1) is 23.7 Å². The third kappa shape index (κ3) is 4.99. The van der Waals surface area contributed by atoms with Gasteiger partial charge in [-0.2, -0.15) is 23.5 Å². The van der Waals surface area contributed by atoms with Crippen LogP contribution in [-0.2, 0) is 19.1 Å². The van der Waals surface area contributed by atoms with Crippen LogP contribution in [0.25, 0.3) is 0 Å². The van der Waals surface area contributed by atoms with Crippen molar-refractivity contribution in [2.75, 3.05) is 0 Å². The first-order valence-electron chi connectivity index (χ1n) is 12.5. The summed E-state index contributed by atoms with van der Waals surface area (Å²) in [4.78, 5) is 24.6. The minimum atomic E-state index is -0.771. The summed E-state index contributed by atoms with van der Waals surface area (Å²) in [6, 6.07) is 0. The molecule has 6 heteroatoms. The molecule has 2 saturated heterocycles. The van der Waals surface area contributed by atoms with Crippen LogP contribution in [-0.4, -0.2) is 44.1 Å². The van der Waals surface area contributed by atoms with Gasteiger partial charge in [0.1, 0.15) is 0 Å². The smallest absolute Gasteiger partial charge is 0.304 e. The summed E-state index contributed by atoms with van der Waals surface area (Å²) in [5, 5.41) is 1.73. The van der Waals surface area contributed by atoms with E-state index in [2.05, 4.69) is 25.7 Å². The van der Waals surface area contributed by atoms with Crippen molar-refractivity contribution in [3.63, 3.8) is 0 Å².